The topological polar surface area (TPSA) is 116 Å². The molecule has 3 atom stereocenters. The van der Waals surface area contributed by atoms with E-state index in [1.54, 1.807) is 20.8 Å². The van der Waals surface area contributed by atoms with Crippen molar-refractivity contribution in [2.45, 2.75) is 38.9 Å². The lowest BCUT2D eigenvalue weighted by Crippen LogP contribution is -2.63. The summed E-state index contributed by atoms with van der Waals surface area (Å²) in [4.78, 5) is 52.7. The van der Waals surface area contributed by atoms with Gasteiger partial charge in [-0.15, -0.1) is 0 Å². The molecule has 0 aromatic heterocycles. The highest BCUT2D eigenvalue weighted by Gasteiger charge is 2.38. The SMILES string of the molecule is C[C@@H]1NCCN(CC(=O)N2CCN([C@@H](C)C(N)=O)C(=O)[C@@H]2C)C1=O. The molecule has 2 heterocycles. The standard InChI is InChI=1S/C15H25N5O4/c1-9-14(23)18(5-4-17-9)8-12(21)19-6-7-20(10(2)13(16)22)15(24)11(19)3/h9-11,17H,4-8H2,1-3H3,(H2,16,22)/t9-,10-,11-/m0/s1. The van der Waals surface area contributed by atoms with Gasteiger partial charge >= 0.3 is 0 Å². The van der Waals surface area contributed by atoms with E-state index in [1.165, 1.54) is 14.7 Å². The van der Waals surface area contributed by atoms with Gasteiger partial charge in [-0.05, 0) is 20.8 Å². The molecule has 0 aliphatic carbocycles. The number of carbonyl (C=O) groups is 4. The van der Waals surface area contributed by atoms with Crippen LogP contribution in [0.25, 0.3) is 0 Å². The van der Waals surface area contributed by atoms with Gasteiger partial charge < -0.3 is 25.8 Å². The molecule has 0 radical (unpaired) electrons. The summed E-state index contributed by atoms with van der Waals surface area (Å²) in [6, 6.07) is -1.69. The molecule has 2 aliphatic rings. The largest absolute Gasteiger partial charge is 0.368 e. The van der Waals surface area contributed by atoms with Crippen LogP contribution in [0.1, 0.15) is 20.8 Å². The summed E-state index contributed by atoms with van der Waals surface area (Å²) in [5.74, 6) is -1.25. The highest BCUT2D eigenvalue weighted by atomic mass is 16.2. The van der Waals surface area contributed by atoms with E-state index >= 15 is 0 Å². The summed E-state index contributed by atoms with van der Waals surface area (Å²) in [7, 11) is 0. The third-order valence-corrected chi connectivity index (χ3v) is 4.73. The molecule has 0 saturated carbocycles. The van der Waals surface area contributed by atoms with Gasteiger partial charge in [0.15, 0.2) is 0 Å². The zero-order valence-corrected chi connectivity index (χ0v) is 14.3. The van der Waals surface area contributed by atoms with E-state index in [9.17, 15) is 19.2 Å². The lowest BCUT2D eigenvalue weighted by Gasteiger charge is -2.42. The van der Waals surface area contributed by atoms with Crippen LogP contribution in [0.4, 0.5) is 0 Å². The van der Waals surface area contributed by atoms with E-state index in [0.29, 0.717) is 19.6 Å². The molecule has 3 N–H and O–H groups in total. The van der Waals surface area contributed by atoms with Crippen molar-refractivity contribution in [3.63, 3.8) is 0 Å². The van der Waals surface area contributed by atoms with Gasteiger partial charge in [0.25, 0.3) is 0 Å². The van der Waals surface area contributed by atoms with Gasteiger partial charge in [0, 0.05) is 26.2 Å². The lowest BCUT2D eigenvalue weighted by molar-refractivity contribution is -0.156. The van der Waals surface area contributed by atoms with Gasteiger partial charge in [-0.2, -0.15) is 0 Å². The number of rotatable bonds is 4. The average Bonchev–Trinajstić information content (AvgIpc) is 2.53. The number of primary amides is 1. The van der Waals surface area contributed by atoms with E-state index in [1.807, 2.05) is 0 Å². The Balaban J connectivity index is 2.00. The fourth-order valence-electron chi connectivity index (χ4n) is 3.07. The van der Waals surface area contributed by atoms with Crippen molar-refractivity contribution in [2.24, 2.45) is 5.73 Å². The van der Waals surface area contributed by atoms with Gasteiger partial charge in [-0.25, -0.2) is 0 Å². The maximum absolute atomic E-state index is 12.5. The Labute approximate surface area is 141 Å². The van der Waals surface area contributed by atoms with Crippen LogP contribution >= 0.6 is 0 Å². The quantitative estimate of drug-likeness (QED) is 0.600. The van der Waals surface area contributed by atoms with Crippen molar-refractivity contribution < 1.29 is 19.2 Å². The second-order valence-electron chi connectivity index (χ2n) is 6.31. The summed E-state index contributed by atoms with van der Waals surface area (Å²) in [6.07, 6.45) is 0. The molecule has 134 valence electrons. The number of piperazine rings is 2. The number of amides is 4. The first-order valence-electron chi connectivity index (χ1n) is 8.15. The number of hydrogen-bond acceptors (Lipinski definition) is 5. The van der Waals surface area contributed by atoms with Crippen LogP contribution in [0.5, 0.6) is 0 Å². The summed E-state index contributed by atoms with van der Waals surface area (Å²) in [5, 5.41) is 3.04. The van der Waals surface area contributed by atoms with Crippen LogP contribution in [0, 0.1) is 0 Å². The van der Waals surface area contributed by atoms with E-state index < -0.39 is 18.0 Å². The van der Waals surface area contributed by atoms with Crippen molar-refractivity contribution in [1.29, 1.82) is 0 Å². The molecule has 2 saturated heterocycles. The highest BCUT2D eigenvalue weighted by molar-refractivity contribution is 5.94. The Morgan fingerprint density at radius 2 is 1.88 bits per heavy atom. The second-order valence-corrected chi connectivity index (χ2v) is 6.31. The first kappa shape index (κ1) is 18.2. The van der Waals surface area contributed by atoms with Crippen molar-refractivity contribution in [1.82, 2.24) is 20.0 Å². The minimum absolute atomic E-state index is 0.0339. The number of nitrogens with one attached hydrogen (secondary N) is 1. The summed E-state index contributed by atoms with van der Waals surface area (Å²) >= 11 is 0. The van der Waals surface area contributed by atoms with E-state index in [2.05, 4.69) is 5.32 Å². The Bertz CT molecular complexity index is 552. The molecule has 2 fully saturated rings. The normalized spacial score (nSPS) is 26.5. The molecule has 0 bridgehead atoms. The van der Waals surface area contributed by atoms with Crippen LogP contribution in [0.15, 0.2) is 0 Å². The Morgan fingerprint density at radius 1 is 1.21 bits per heavy atom. The zero-order valence-electron chi connectivity index (χ0n) is 14.3. The summed E-state index contributed by atoms with van der Waals surface area (Å²) in [6.45, 7) is 6.61. The van der Waals surface area contributed by atoms with Gasteiger partial charge in [-0.1, -0.05) is 0 Å². The Morgan fingerprint density at radius 3 is 2.50 bits per heavy atom. The molecular formula is C15H25N5O4. The smallest absolute Gasteiger partial charge is 0.245 e. The second kappa shape index (κ2) is 7.16. The minimum atomic E-state index is -0.701. The predicted molar refractivity (Wildman–Crippen MR) is 85.6 cm³/mol. The van der Waals surface area contributed by atoms with Crippen LogP contribution in [0.2, 0.25) is 0 Å². The molecular weight excluding hydrogens is 314 g/mol. The van der Waals surface area contributed by atoms with Crippen LogP contribution < -0.4 is 11.1 Å². The number of nitrogens with two attached hydrogens (primary N) is 1. The third-order valence-electron chi connectivity index (χ3n) is 4.73. The van der Waals surface area contributed by atoms with Crippen LogP contribution in [-0.2, 0) is 19.2 Å². The first-order valence-corrected chi connectivity index (χ1v) is 8.15. The van der Waals surface area contributed by atoms with E-state index in [-0.39, 0.29) is 36.9 Å². The Kier molecular flexibility index (Phi) is 5.43. The van der Waals surface area contributed by atoms with Gasteiger partial charge in [0.1, 0.15) is 12.1 Å². The first-order chi connectivity index (χ1) is 11.2. The van der Waals surface area contributed by atoms with Crippen LogP contribution in [-0.4, -0.2) is 89.2 Å². The molecule has 2 aliphatic heterocycles. The summed E-state index contributed by atoms with van der Waals surface area (Å²) < 4.78 is 0. The molecule has 24 heavy (non-hydrogen) atoms. The zero-order chi connectivity index (χ0) is 18.0. The molecule has 9 nitrogen and oxygen atoms in total. The predicted octanol–water partition coefficient (Wildman–Crippen LogP) is -2.26. The monoisotopic (exact) mass is 339 g/mol. The third kappa shape index (κ3) is 3.50. The maximum atomic E-state index is 12.5. The fourth-order valence-corrected chi connectivity index (χ4v) is 3.07. The van der Waals surface area contributed by atoms with Gasteiger partial charge in [0.05, 0.1) is 12.6 Å². The molecule has 4 amide bonds. The summed E-state index contributed by atoms with van der Waals surface area (Å²) in [5.41, 5.74) is 5.26. The minimum Gasteiger partial charge on any atom is -0.368 e. The van der Waals surface area contributed by atoms with Crippen LogP contribution in [0.3, 0.4) is 0 Å². The lowest BCUT2D eigenvalue weighted by atomic mass is 10.1. The fraction of sp³-hybridized carbons (Fsp3) is 0.733. The maximum Gasteiger partial charge on any atom is 0.245 e. The number of nitrogens with zero attached hydrogens (tertiary/aromatic N) is 3. The molecule has 0 aromatic rings. The molecule has 0 aromatic carbocycles. The van der Waals surface area contributed by atoms with Crippen molar-refractivity contribution >= 4 is 23.6 Å². The average molecular weight is 339 g/mol. The molecule has 0 unspecified atom stereocenters. The van der Waals surface area contributed by atoms with E-state index in [4.69, 9.17) is 5.73 Å². The van der Waals surface area contributed by atoms with Crippen molar-refractivity contribution in [2.75, 3.05) is 32.7 Å². The molecule has 9 heteroatoms. The number of carbonyl (C=O) groups excluding carboxylic acids is 4. The van der Waals surface area contributed by atoms with E-state index in [0.717, 1.165) is 0 Å². The van der Waals surface area contributed by atoms with Crippen molar-refractivity contribution in [3.05, 3.63) is 0 Å². The molecule has 2 rings (SSSR count). The van der Waals surface area contributed by atoms with Gasteiger partial charge in [0.2, 0.25) is 23.6 Å². The van der Waals surface area contributed by atoms with Crippen molar-refractivity contribution in [3.8, 4) is 0 Å². The molecule has 0 spiro atoms. The Hall–Kier alpha value is -2.16. The van der Waals surface area contributed by atoms with Gasteiger partial charge in [-0.3, -0.25) is 19.2 Å². The number of hydrogen-bond donors (Lipinski definition) is 2. The highest BCUT2D eigenvalue weighted by Crippen LogP contribution is 2.15.